The van der Waals surface area contributed by atoms with Crippen LogP contribution in [0.1, 0.15) is 18.2 Å². The second kappa shape index (κ2) is 4.62. The molecule has 3 nitrogen and oxygen atoms in total. The molecular formula is C17H14O3. The van der Waals surface area contributed by atoms with E-state index >= 15 is 0 Å². The molecular weight excluding hydrogens is 252 g/mol. The zero-order valence-corrected chi connectivity index (χ0v) is 11.0. The molecule has 1 unspecified atom stereocenters. The third-order valence-corrected chi connectivity index (χ3v) is 3.45. The summed E-state index contributed by atoms with van der Waals surface area (Å²) in [4.78, 5) is 12.1. The summed E-state index contributed by atoms with van der Waals surface area (Å²) in [7, 11) is 0. The van der Waals surface area contributed by atoms with Gasteiger partial charge in [0.05, 0.1) is 5.39 Å². The highest BCUT2D eigenvalue weighted by molar-refractivity contribution is 5.76. The largest absolute Gasteiger partial charge is 0.457 e. The van der Waals surface area contributed by atoms with Gasteiger partial charge in [0.25, 0.3) is 0 Å². The van der Waals surface area contributed by atoms with Crippen LogP contribution in [-0.4, -0.2) is 5.11 Å². The Morgan fingerprint density at radius 1 is 1.00 bits per heavy atom. The lowest BCUT2D eigenvalue weighted by atomic mass is 9.93. The molecule has 100 valence electrons. The molecule has 0 spiro atoms. The van der Waals surface area contributed by atoms with Gasteiger partial charge in [-0.05, 0) is 24.6 Å². The van der Waals surface area contributed by atoms with Crippen LogP contribution in [0.3, 0.4) is 0 Å². The van der Waals surface area contributed by atoms with E-state index in [1.165, 1.54) is 6.07 Å². The summed E-state index contributed by atoms with van der Waals surface area (Å²) in [6, 6.07) is 17.5. The molecule has 0 aliphatic heterocycles. The summed E-state index contributed by atoms with van der Waals surface area (Å²) in [6.45, 7) is 1.62. The van der Waals surface area contributed by atoms with E-state index in [0.717, 1.165) is 0 Å². The van der Waals surface area contributed by atoms with Crippen LogP contribution in [0.15, 0.2) is 69.9 Å². The summed E-state index contributed by atoms with van der Waals surface area (Å²) in [5.41, 5.74) is -0.340. The standard InChI is InChI=1S/C17H14O3/c1-17(19,12-7-3-2-4-8-12)16-11-14(18)13-9-5-6-10-15(13)20-16/h2-11,19H,1H3. The lowest BCUT2D eigenvalue weighted by Crippen LogP contribution is -2.24. The number of para-hydroxylation sites is 1. The molecule has 1 N–H and O–H groups in total. The average molecular weight is 266 g/mol. The minimum Gasteiger partial charge on any atom is -0.457 e. The Labute approximate surface area is 116 Å². The van der Waals surface area contributed by atoms with Gasteiger partial charge in [0.15, 0.2) is 5.43 Å². The first-order chi connectivity index (χ1) is 9.59. The van der Waals surface area contributed by atoms with Gasteiger partial charge in [0.2, 0.25) is 0 Å². The van der Waals surface area contributed by atoms with Crippen molar-refractivity contribution in [2.75, 3.05) is 0 Å². The lowest BCUT2D eigenvalue weighted by molar-refractivity contribution is 0.0772. The van der Waals surface area contributed by atoms with Crippen LogP contribution >= 0.6 is 0 Å². The van der Waals surface area contributed by atoms with Crippen molar-refractivity contribution in [3.05, 3.63) is 82.2 Å². The summed E-state index contributed by atoms with van der Waals surface area (Å²) >= 11 is 0. The second-order valence-corrected chi connectivity index (χ2v) is 4.91. The van der Waals surface area contributed by atoms with Crippen molar-refractivity contribution in [3.63, 3.8) is 0 Å². The number of hydrogen-bond acceptors (Lipinski definition) is 3. The van der Waals surface area contributed by atoms with E-state index in [4.69, 9.17) is 4.42 Å². The van der Waals surface area contributed by atoms with Gasteiger partial charge in [-0.1, -0.05) is 42.5 Å². The first kappa shape index (κ1) is 12.6. The SMILES string of the molecule is CC(O)(c1ccccc1)c1cc(=O)c2ccccc2o1. The van der Waals surface area contributed by atoms with Gasteiger partial charge in [0.1, 0.15) is 16.9 Å². The number of hydrogen-bond donors (Lipinski definition) is 1. The molecule has 0 saturated heterocycles. The zero-order chi connectivity index (χ0) is 14.2. The van der Waals surface area contributed by atoms with Crippen molar-refractivity contribution in [3.8, 4) is 0 Å². The fourth-order valence-electron chi connectivity index (χ4n) is 2.25. The predicted octanol–water partition coefficient (Wildman–Crippen LogP) is 3.05. The van der Waals surface area contributed by atoms with Crippen LogP contribution in [0.2, 0.25) is 0 Å². The normalized spacial score (nSPS) is 14.1. The van der Waals surface area contributed by atoms with Crippen molar-refractivity contribution < 1.29 is 9.52 Å². The summed E-state index contributed by atoms with van der Waals surface area (Å²) < 4.78 is 5.71. The van der Waals surface area contributed by atoms with Crippen molar-refractivity contribution in [1.82, 2.24) is 0 Å². The van der Waals surface area contributed by atoms with E-state index in [9.17, 15) is 9.90 Å². The summed E-state index contributed by atoms with van der Waals surface area (Å²) in [6.07, 6.45) is 0. The highest BCUT2D eigenvalue weighted by Gasteiger charge is 2.29. The maximum Gasteiger partial charge on any atom is 0.193 e. The van der Waals surface area contributed by atoms with Crippen molar-refractivity contribution >= 4 is 11.0 Å². The quantitative estimate of drug-likeness (QED) is 0.775. The van der Waals surface area contributed by atoms with Crippen molar-refractivity contribution in [2.45, 2.75) is 12.5 Å². The lowest BCUT2D eigenvalue weighted by Gasteiger charge is -2.22. The minimum atomic E-state index is -1.34. The zero-order valence-electron chi connectivity index (χ0n) is 11.0. The van der Waals surface area contributed by atoms with E-state index in [-0.39, 0.29) is 11.2 Å². The topological polar surface area (TPSA) is 50.4 Å². The fourth-order valence-corrected chi connectivity index (χ4v) is 2.25. The number of fused-ring (bicyclic) bond motifs is 1. The van der Waals surface area contributed by atoms with Crippen LogP contribution in [0.5, 0.6) is 0 Å². The Balaban J connectivity index is 2.22. The first-order valence-corrected chi connectivity index (χ1v) is 6.40. The van der Waals surface area contributed by atoms with Crippen LogP contribution in [0.4, 0.5) is 0 Å². The van der Waals surface area contributed by atoms with Crippen LogP contribution in [0, 0.1) is 0 Å². The smallest absolute Gasteiger partial charge is 0.193 e. The van der Waals surface area contributed by atoms with E-state index in [1.807, 2.05) is 18.2 Å². The number of rotatable bonds is 2. The molecule has 1 aromatic heterocycles. The monoisotopic (exact) mass is 266 g/mol. The predicted molar refractivity (Wildman–Crippen MR) is 77.6 cm³/mol. The molecule has 3 heteroatoms. The highest BCUT2D eigenvalue weighted by Crippen LogP contribution is 2.29. The Morgan fingerprint density at radius 2 is 1.65 bits per heavy atom. The second-order valence-electron chi connectivity index (χ2n) is 4.91. The van der Waals surface area contributed by atoms with Gasteiger partial charge in [-0.3, -0.25) is 4.79 Å². The third kappa shape index (κ3) is 2.02. The molecule has 0 radical (unpaired) electrons. The van der Waals surface area contributed by atoms with Crippen molar-refractivity contribution in [1.29, 1.82) is 0 Å². The summed E-state index contributed by atoms with van der Waals surface area (Å²) in [5.74, 6) is 0.243. The van der Waals surface area contributed by atoms with Gasteiger partial charge in [-0.25, -0.2) is 0 Å². The first-order valence-electron chi connectivity index (χ1n) is 6.40. The molecule has 3 rings (SSSR count). The van der Waals surface area contributed by atoms with Crippen LogP contribution < -0.4 is 5.43 Å². The Morgan fingerprint density at radius 3 is 2.40 bits per heavy atom. The van der Waals surface area contributed by atoms with E-state index in [1.54, 1.807) is 43.3 Å². The molecule has 2 aromatic carbocycles. The van der Waals surface area contributed by atoms with Gasteiger partial charge < -0.3 is 9.52 Å². The highest BCUT2D eigenvalue weighted by atomic mass is 16.4. The van der Waals surface area contributed by atoms with E-state index in [2.05, 4.69) is 0 Å². The van der Waals surface area contributed by atoms with Crippen molar-refractivity contribution in [2.24, 2.45) is 0 Å². The Hall–Kier alpha value is -2.39. The number of aliphatic hydroxyl groups is 1. The minimum absolute atomic E-state index is 0.155. The molecule has 3 aromatic rings. The average Bonchev–Trinajstić information content (AvgIpc) is 2.48. The van der Waals surface area contributed by atoms with Gasteiger partial charge in [-0.15, -0.1) is 0 Å². The molecule has 0 aliphatic carbocycles. The maximum atomic E-state index is 12.1. The Kier molecular flexibility index (Phi) is 2.92. The van der Waals surface area contributed by atoms with Gasteiger partial charge >= 0.3 is 0 Å². The molecule has 0 fully saturated rings. The van der Waals surface area contributed by atoms with E-state index < -0.39 is 5.60 Å². The van der Waals surface area contributed by atoms with Crippen LogP contribution in [-0.2, 0) is 5.60 Å². The maximum absolute atomic E-state index is 12.1. The third-order valence-electron chi connectivity index (χ3n) is 3.45. The van der Waals surface area contributed by atoms with Gasteiger partial charge in [0, 0.05) is 6.07 Å². The van der Waals surface area contributed by atoms with Gasteiger partial charge in [-0.2, -0.15) is 0 Å². The molecule has 1 atom stereocenters. The fraction of sp³-hybridized carbons (Fsp3) is 0.118. The molecule has 0 amide bonds. The Bertz CT molecular complexity index is 801. The molecule has 0 aliphatic rings. The van der Waals surface area contributed by atoms with E-state index in [0.29, 0.717) is 16.5 Å². The number of benzene rings is 2. The molecule has 0 saturated carbocycles. The molecule has 0 bridgehead atoms. The summed E-state index contributed by atoms with van der Waals surface area (Å²) in [5, 5.41) is 11.2. The molecule has 1 heterocycles. The molecule has 20 heavy (non-hydrogen) atoms. The van der Waals surface area contributed by atoms with Crippen LogP contribution in [0.25, 0.3) is 11.0 Å².